The minimum absolute atomic E-state index is 0.367. The number of nitrogens with zero attached hydrogens (tertiary/aromatic N) is 1. The Morgan fingerprint density at radius 3 is 2.83 bits per heavy atom. The van der Waals surface area contributed by atoms with Crippen molar-refractivity contribution in [3.8, 4) is 0 Å². The van der Waals surface area contributed by atoms with Gasteiger partial charge in [0.2, 0.25) is 0 Å². The van der Waals surface area contributed by atoms with Gasteiger partial charge in [0, 0.05) is 5.38 Å². The minimum Gasteiger partial charge on any atom is -0.461 e. The van der Waals surface area contributed by atoms with Crippen LogP contribution in [0.1, 0.15) is 28.0 Å². The third-order valence-electron chi connectivity index (χ3n) is 2.22. The molecule has 1 heterocycles. The van der Waals surface area contributed by atoms with Crippen molar-refractivity contribution in [1.82, 2.24) is 4.98 Å². The maximum atomic E-state index is 11.4. The van der Waals surface area contributed by atoms with Crippen LogP contribution >= 0.6 is 11.3 Å². The lowest BCUT2D eigenvalue weighted by Crippen LogP contribution is -2.04. The second-order valence-corrected chi connectivity index (χ2v) is 4.43. The molecule has 0 aliphatic carbocycles. The zero-order chi connectivity index (χ0) is 12.8. The second kappa shape index (κ2) is 6.12. The Kier molecular flexibility index (Phi) is 4.25. The Labute approximate surface area is 110 Å². The van der Waals surface area contributed by atoms with E-state index in [1.807, 2.05) is 42.5 Å². The van der Waals surface area contributed by atoms with E-state index in [2.05, 4.69) is 4.98 Å². The molecule has 0 fully saturated rings. The van der Waals surface area contributed by atoms with Gasteiger partial charge in [0.15, 0.2) is 5.69 Å². The molecule has 4 heteroatoms. The van der Waals surface area contributed by atoms with Gasteiger partial charge in [0.1, 0.15) is 5.01 Å². The first kappa shape index (κ1) is 12.5. The van der Waals surface area contributed by atoms with Crippen molar-refractivity contribution in [2.45, 2.75) is 6.92 Å². The summed E-state index contributed by atoms with van der Waals surface area (Å²) in [5.41, 5.74) is 1.47. The molecule has 2 rings (SSSR count). The van der Waals surface area contributed by atoms with Gasteiger partial charge in [-0.15, -0.1) is 11.3 Å². The second-order valence-electron chi connectivity index (χ2n) is 3.54. The molecule has 0 radical (unpaired) electrons. The third kappa shape index (κ3) is 3.28. The normalized spacial score (nSPS) is 10.7. The molecule has 92 valence electrons. The van der Waals surface area contributed by atoms with Crippen LogP contribution in [0, 0.1) is 0 Å². The zero-order valence-electron chi connectivity index (χ0n) is 10.00. The molecule has 0 aliphatic rings. The van der Waals surface area contributed by atoms with Crippen LogP contribution in [0.15, 0.2) is 35.7 Å². The molecule has 0 spiro atoms. The van der Waals surface area contributed by atoms with E-state index >= 15 is 0 Å². The lowest BCUT2D eigenvalue weighted by atomic mass is 10.2. The summed E-state index contributed by atoms with van der Waals surface area (Å²) >= 11 is 1.42. The average molecular weight is 259 g/mol. The number of aromatic nitrogens is 1. The number of benzene rings is 1. The van der Waals surface area contributed by atoms with Crippen LogP contribution in [-0.2, 0) is 4.74 Å². The first-order valence-corrected chi connectivity index (χ1v) is 6.53. The van der Waals surface area contributed by atoms with Gasteiger partial charge in [-0.05, 0) is 18.6 Å². The van der Waals surface area contributed by atoms with E-state index in [-0.39, 0.29) is 5.97 Å². The van der Waals surface area contributed by atoms with Crippen LogP contribution in [-0.4, -0.2) is 17.6 Å². The summed E-state index contributed by atoms with van der Waals surface area (Å²) in [6.45, 7) is 2.14. The highest BCUT2D eigenvalue weighted by Gasteiger charge is 2.09. The highest BCUT2D eigenvalue weighted by atomic mass is 32.1. The number of carbonyl (C=O) groups excluding carboxylic acids is 1. The van der Waals surface area contributed by atoms with Gasteiger partial charge in [-0.1, -0.05) is 36.4 Å². The van der Waals surface area contributed by atoms with Gasteiger partial charge in [-0.3, -0.25) is 0 Å². The first-order chi connectivity index (χ1) is 8.79. The molecule has 18 heavy (non-hydrogen) atoms. The average Bonchev–Trinajstić information content (AvgIpc) is 2.87. The predicted octanol–water partition coefficient (Wildman–Crippen LogP) is 3.49. The highest BCUT2D eigenvalue weighted by molar-refractivity contribution is 7.10. The number of esters is 1. The molecule has 0 bridgehead atoms. The van der Waals surface area contributed by atoms with Crippen LogP contribution in [0.4, 0.5) is 0 Å². The topological polar surface area (TPSA) is 39.2 Å². The lowest BCUT2D eigenvalue weighted by molar-refractivity contribution is 0.0520. The molecule has 0 unspecified atom stereocenters. The van der Waals surface area contributed by atoms with Gasteiger partial charge in [-0.2, -0.15) is 0 Å². The van der Waals surface area contributed by atoms with E-state index in [1.54, 1.807) is 12.3 Å². The van der Waals surface area contributed by atoms with Gasteiger partial charge in [0.05, 0.1) is 6.61 Å². The molecule has 1 aromatic carbocycles. The maximum Gasteiger partial charge on any atom is 0.357 e. The highest BCUT2D eigenvalue weighted by Crippen LogP contribution is 2.14. The summed E-state index contributed by atoms with van der Waals surface area (Å²) in [5, 5.41) is 2.50. The van der Waals surface area contributed by atoms with Crippen molar-refractivity contribution in [3.05, 3.63) is 52.0 Å². The molecule has 3 nitrogen and oxygen atoms in total. The molecule has 0 N–H and O–H groups in total. The summed E-state index contributed by atoms with van der Waals surface area (Å²) in [6.07, 6.45) is 3.86. The van der Waals surface area contributed by atoms with E-state index in [0.717, 1.165) is 10.6 Å². The number of rotatable bonds is 4. The summed E-state index contributed by atoms with van der Waals surface area (Å²) in [4.78, 5) is 15.6. The number of hydrogen-bond acceptors (Lipinski definition) is 4. The predicted molar refractivity (Wildman–Crippen MR) is 73.4 cm³/mol. The van der Waals surface area contributed by atoms with E-state index < -0.39 is 0 Å². The van der Waals surface area contributed by atoms with Crippen molar-refractivity contribution < 1.29 is 9.53 Å². The maximum absolute atomic E-state index is 11.4. The molecule has 1 aromatic heterocycles. The molecular formula is C14H13NO2S. The van der Waals surface area contributed by atoms with Gasteiger partial charge in [-0.25, -0.2) is 9.78 Å². The number of carbonyl (C=O) groups is 1. The third-order valence-corrected chi connectivity index (χ3v) is 3.03. The minimum atomic E-state index is -0.367. The number of hydrogen-bond donors (Lipinski definition) is 0. The largest absolute Gasteiger partial charge is 0.461 e. The van der Waals surface area contributed by atoms with Gasteiger partial charge in [0.25, 0.3) is 0 Å². The van der Waals surface area contributed by atoms with E-state index in [9.17, 15) is 4.79 Å². The zero-order valence-corrected chi connectivity index (χ0v) is 10.8. The van der Waals surface area contributed by atoms with Crippen molar-refractivity contribution in [1.29, 1.82) is 0 Å². The quantitative estimate of drug-likeness (QED) is 0.789. The monoisotopic (exact) mass is 259 g/mol. The fourth-order valence-corrected chi connectivity index (χ4v) is 2.07. The van der Waals surface area contributed by atoms with Gasteiger partial charge >= 0.3 is 5.97 Å². The van der Waals surface area contributed by atoms with E-state index in [4.69, 9.17) is 4.74 Å². The van der Waals surface area contributed by atoms with Crippen LogP contribution in [0.3, 0.4) is 0 Å². The SMILES string of the molecule is CCOC(=O)c1csc(/C=C\c2ccccc2)n1. The summed E-state index contributed by atoms with van der Waals surface area (Å²) in [6, 6.07) is 9.95. The standard InChI is InChI=1S/C14H13NO2S/c1-2-17-14(16)12-10-18-13(15-12)9-8-11-6-4-3-5-7-11/h3-10H,2H2,1H3/b9-8-. The molecule has 2 aromatic rings. The Morgan fingerprint density at radius 1 is 1.33 bits per heavy atom. The van der Waals surface area contributed by atoms with Crippen molar-refractivity contribution >= 4 is 29.5 Å². The summed E-state index contributed by atoms with van der Waals surface area (Å²) in [7, 11) is 0. The molecule has 0 saturated carbocycles. The van der Waals surface area contributed by atoms with Crippen molar-refractivity contribution in [2.24, 2.45) is 0 Å². The summed E-state index contributed by atoms with van der Waals surface area (Å²) in [5.74, 6) is -0.367. The Bertz CT molecular complexity index is 546. The fourth-order valence-electron chi connectivity index (χ4n) is 1.39. The molecule has 0 aliphatic heterocycles. The van der Waals surface area contributed by atoms with E-state index in [1.165, 1.54) is 11.3 Å². The van der Waals surface area contributed by atoms with Crippen molar-refractivity contribution in [3.63, 3.8) is 0 Å². The lowest BCUT2D eigenvalue weighted by Gasteiger charge is -1.95. The fraction of sp³-hybridized carbons (Fsp3) is 0.143. The van der Waals surface area contributed by atoms with Crippen LogP contribution in [0.2, 0.25) is 0 Å². The van der Waals surface area contributed by atoms with Gasteiger partial charge < -0.3 is 4.74 Å². The molecule has 0 amide bonds. The Balaban J connectivity index is 2.07. The van der Waals surface area contributed by atoms with Crippen molar-refractivity contribution in [2.75, 3.05) is 6.61 Å². The number of thiazole rings is 1. The van der Waals surface area contributed by atoms with Crippen LogP contribution < -0.4 is 0 Å². The first-order valence-electron chi connectivity index (χ1n) is 5.65. The molecule has 0 saturated heterocycles. The Hall–Kier alpha value is -1.94. The number of ether oxygens (including phenoxy) is 1. The van der Waals surface area contributed by atoms with E-state index in [0.29, 0.717) is 12.3 Å². The van der Waals surface area contributed by atoms with Crippen LogP contribution in [0.5, 0.6) is 0 Å². The van der Waals surface area contributed by atoms with Crippen LogP contribution in [0.25, 0.3) is 12.2 Å². The molecular weight excluding hydrogens is 246 g/mol. The molecule has 0 atom stereocenters. The Morgan fingerprint density at radius 2 is 2.11 bits per heavy atom. The summed E-state index contributed by atoms with van der Waals surface area (Å²) < 4.78 is 4.89. The smallest absolute Gasteiger partial charge is 0.357 e.